The fraction of sp³-hybridized carbons (Fsp3) is 0.222. The molecular formula is C9H12N2O. The number of hydrogen-bond acceptors (Lipinski definition) is 2. The number of aliphatic hydroxyl groups is 1. The number of hydrogen-bond donors (Lipinski definition) is 2. The highest BCUT2D eigenvalue weighted by Gasteiger charge is 1.96. The van der Waals surface area contributed by atoms with E-state index in [9.17, 15) is 0 Å². The maximum absolute atomic E-state index is 8.76. The molecular weight excluding hydrogens is 152 g/mol. The smallest absolute Gasteiger partial charge is 0.128 e. The van der Waals surface area contributed by atoms with E-state index in [1.807, 2.05) is 6.92 Å². The molecule has 64 valence electrons. The molecule has 0 amide bonds. The summed E-state index contributed by atoms with van der Waals surface area (Å²) in [5, 5.41) is 16.3. The average molecular weight is 164 g/mol. The Balaban J connectivity index is 2.81. The van der Waals surface area contributed by atoms with Gasteiger partial charge in [-0.25, -0.2) is 0 Å². The van der Waals surface area contributed by atoms with Crippen molar-refractivity contribution in [2.75, 3.05) is 0 Å². The topological polar surface area (TPSA) is 49.0 Å². The van der Waals surface area contributed by atoms with Crippen molar-refractivity contribution in [1.29, 1.82) is 5.41 Å². The van der Waals surface area contributed by atoms with Crippen molar-refractivity contribution in [3.05, 3.63) is 36.2 Å². The minimum atomic E-state index is 0.0239. The van der Waals surface area contributed by atoms with Gasteiger partial charge in [0.15, 0.2) is 0 Å². The molecule has 0 saturated heterocycles. The van der Waals surface area contributed by atoms with Crippen molar-refractivity contribution in [3.8, 4) is 0 Å². The van der Waals surface area contributed by atoms with Gasteiger partial charge in [0.05, 0.1) is 6.61 Å². The quantitative estimate of drug-likeness (QED) is 0.503. The second-order valence-electron chi connectivity index (χ2n) is 2.47. The lowest BCUT2D eigenvalue weighted by molar-refractivity contribution is 0.282. The first kappa shape index (κ1) is 8.74. The summed E-state index contributed by atoms with van der Waals surface area (Å²) in [6, 6.07) is 1.79. The maximum atomic E-state index is 8.76. The molecule has 0 fully saturated rings. The Morgan fingerprint density at radius 3 is 3.00 bits per heavy atom. The molecule has 1 aromatic rings. The summed E-state index contributed by atoms with van der Waals surface area (Å²) in [6.45, 7) is 1.89. The third-order valence-electron chi connectivity index (χ3n) is 1.54. The van der Waals surface area contributed by atoms with Crippen LogP contribution in [-0.2, 0) is 6.61 Å². The Labute approximate surface area is 71.5 Å². The molecule has 0 unspecified atom stereocenters. The largest absolute Gasteiger partial charge is 0.392 e. The lowest BCUT2D eigenvalue weighted by Crippen LogP contribution is -2.03. The molecule has 0 bridgehead atoms. The third kappa shape index (κ3) is 1.83. The first-order valence-corrected chi connectivity index (χ1v) is 3.77. The lowest BCUT2D eigenvalue weighted by Gasteiger charge is -1.97. The molecule has 0 atom stereocenters. The van der Waals surface area contributed by atoms with E-state index in [2.05, 4.69) is 0 Å². The van der Waals surface area contributed by atoms with Gasteiger partial charge in [0.1, 0.15) is 5.84 Å². The van der Waals surface area contributed by atoms with Crippen LogP contribution in [0.2, 0.25) is 0 Å². The molecule has 1 aromatic heterocycles. The Bertz CT molecular complexity index is 299. The molecule has 1 rings (SSSR count). The predicted octanol–water partition coefficient (Wildman–Crippen LogP) is 1.38. The van der Waals surface area contributed by atoms with Crippen molar-refractivity contribution in [2.24, 2.45) is 0 Å². The minimum absolute atomic E-state index is 0.0239. The van der Waals surface area contributed by atoms with E-state index in [4.69, 9.17) is 10.5 Å². The third-order valence-corrected chi connectivity index (χ3v) is 1.54. The monoisotopic (exact) mass is 164 g/mol. The van der Waals surface area contributed by atoms with Gasteiger partial charge in [-0.3, -0.25) is 5.41 Å². The van der Waals surface area contributed by atoms with Crippen molar-refractivity contribution in [2.45, 2.75) is 13.5 Å². The van der Waals surface area contributed by atoms with Crippen molar-refractivity contribution in [1.82, 2.24) is 4.57 Å². The van der Waals surface area contributed by atoms with Crippen molar-refractivity contribution >= 4 is 5.84 Å². The van der Waals surface area contributed by atoms with Crippen LogP contribution in [0.5, 0.6) is 0 Å². The summed E-state index contributed by atoms with van der Waals surface area (Å²) in [7, 11) is 0. The molecule has 3 heteroatoms. The molecule has 0 aliphatic rings. The average Bonchev–Trinajstić information content (AvgIpc) is 2.52. The van der Waals surface area contributed by atoms with Gasteiger partial charge in [0.2, 0.25) is 0 Å². The highest BCUT2D eigenvalue weighted by Crippen LogP contribution is 2.00. The second-order valence-corrected chi connectivity index (χ2v) is 2.47. The molecule has 0 aliphatic heterocycles. The van der Waals surface area contributed by atoms with E-state index in [0.717, 1.165) is 5.56 Å². The van der Waals surface area contributed by atoms with Gasteiger partial charge in [-0.2, -0.15) is 0 Å². The number of nitrogens with zero attached hydrogens (tertiary/aromatic N) is 1. The highest BCUT2D eigenvalue weighted by molar-refractivity contribution is 5.92. The van der Waals surface area contributed by atoms with Gasteiger partial charge in [0.25, 0.3) is 0 Å². The first-order chi connectivity index (χ1) is 5.77. The lowest BCUT2D eigenvalue weighted by atomic mass is 10.4. The van der Waals surface area contributed by atoms with Crippen LogP contribution in [0, 0.1) is 5.41 Å². The zero-order valence-electron chi connectivity index (χ0n) is 6.99. The van der Waals surface area contributed by atoms with Crippen molar-refractivity contribution in [3.63, 3.8) is 0 Å². The van der Waals surface area contributed by atoms with Crippen molar-refractivity contribution < 1.29 is 5.11 Å². The minimum Gasteiger partial charge on any atom is -0.392 e. The Morgan fingerprint density at radius 2 is 2.50 bits per heavy atom. The Morgan fingerprint density at radius 1 is 1.75 bits per heavy atom. The molecule has 0 saturated carbocycles. The van der Waals surface area contributed by atoms with Crippen LogP contribution in [0.1, 0.15) is 12.5 Å². The van der Waals surface area contributed by atoms with Crippen LogP contribution < -0.4 is 0 Å². The van der Waals surface area contributed by atoms with Crippen LogP contribution in [0.25, 0.3) is 0 Å². The van der Waals surface area contributed by atoms with Crippen LogP contribution in [0.15, 0.2) is 30.6 Å². The number of allylic oxidation sites excluding steroid dienone is 2. The highest BCUT2D eigenvalue weighted by atomic mass is 16.3. The number of rotatable bonds is 2. The Hall–Kier alpha value is -1.35. The fourth-order valence-electron chi connectivity index (χ4n) is 0.928. The normalized spacial score (nSPS) is 10.8. The van der Waals surface area contributed by atoms with Gasteiger partial charge < -0.3 is 9.67 Å². The molecule has 0 radical (unpaired) electrons. The summed E-state index contributed by atoms with van der Waals surface area (Å²) in [5.41, 5.74) is 0.823. The fourth-order valence-corrected chi connectivity index (χ4v) is 0.928. The van der Waals surface area contributed by atoms with Gasteiger partial charge >= 0.3 is 0 Å². The summed E-state index contributed by atoms with van der Waals surface area (Å²) >= 11 is 0. The molecule has 12 heavy (non-hydrogen) atoms. The van der Waals surface area contributed by atoms with E-state index in [0.29, 0.717) is 5.84 Å². The predicted molar refractivity (Wildman–Crippen MR) is 48.3 cm³/mol. The van der Waals surface area contributed by atoms with E-state index in [1.165, 1.54) is 0 Å². The van der Waals surface area contributed by atoms with E-state index in [-0.39, 0.29) is 6.61 Å². The van der Waals surface area contributed by atoms with Crippen LogP contribution >= 0.6 is 0 Å². The van der Waals surface area contributed by atoms with Crippen LogP contribution in [0.4, 0.5) is 0 Å². The zero-order chi connectivity index (χ0) is 8.97. The number of aromatic nitrogens is 1. The molecule has 0 aromatic carbocycles. The molecule has 1 heterocycles. The van der Waals surface area contributed by atoms with Crippen LogP contribution in [-0.4, -0.2) is 15.5 Å². The molecule has 0 spiro atoms. The molecule has 2 N–H and O–H groups in total. The molecule has 0 aliphatic carbocycles. The van der Waals surface area contributed by atoms with E-state index in [1.54, 1.807) is 35.2 Å². The van der Waals surface area contributed by atoms with Gasteiger partial charge in [-0.05, 0) is 24.6 Å². The number of aliphatic hydroxyl groups excluding tert-OH is 1. The SMILES string of the molecule is C/C=C\C(=N)n1ccc(CO)c1. The number of nitrogens with one attached hydrogen (secondary N) is 1. The molecule has 3 nitrogen and oxygen atoms in total. The summed E-state index contributed by atoms with van der Waals surface area (Å²) in [4.78, 5) is 0. The maximum Gasteiger partial charge on any atom is 0.128 e. The van der Waals surface area contributed by atoms with Gasteiger partial charge in [-0.15, -0.1) is 0 Å². The second kappa shape index (κ2) is 3.88. The summed E-state index contributed by atoms with van der Waals surface area (Å²) in [5.74, 6) is 0.400. The van der Waals surface area contributed by atoms with Gasteiger partial charge in [-0.1, -0.05) is 6.08 Å². The van der Waals surface area contributed by atoms with Crippen LogP contribution in [0.3, 0.4) is 0 Å². The van der Waals surface area contributed by atoms with Gasteiger partial charge in [0, 0.05) is 12.4 Å². The standard InChI is InChI=1S/C9H12N2O/c1-2-3-9(10)11-5-4-8(6-11)7-12/h2-6,10,12H,7H2,1H3/b3-2-,10-9?. The van der Waals surface area contributed by atoms with E-state index < -0.39 is 0 Å². The summed E-state index contributed by atoms with van der Waals surface area (Å²) < 4.78 is 1.66. The Kier molecular flexibility index (Phi) is 2.82. The zero-order valence-corrected chi connectivity index (χ0v) is 6.99. The first-order valence-electron chi connectivity index (χ1n) is 3.77. The summed E-state index contributed by atoms with van der Waals surface area (Å²) in [6.07, 6.45) is 7.00. The van der Waals surface area contributed by atoms with E-state index >= 15 is 0 Å².